The van der Waals surface area contributed by atoms with E-state index in [4.69, 9.17) is 5.26 Å². The van der Waals surface area contributed by atoms with E-state index in [0.717, 1.165) is 33.1 Å². The second kappa shape index (κ2) is 4.68. The van der Waals surface area contributed by atoms with Gasteiger partial charge in [0.1, 0.15) is 5.82 Å². The van der Waals surface area contributed by atoms with Crippen molar-refractivity contribution in [2.24, 2.45) is 0 Å². The molecule has 104 valence electrons. The minimum absolute atomic E-state index is 0.266. The normalized spacial score (nSPS) is 10.9. The van der Waals surface area contributed by atoms with Gasteiger partial charge in [-0.1, -0.05) is 12.1 Å². The molecule has 0 aliphatic carbocycles. The predicted molar refractivity (Wildman–Crippen MR) is 83.7 cm³/mol. The van der Waals surface area contributed by atoms with Gasteiger partial charge in [0.05, 0.1) is 22.8 Å². The van der Waals surface area contributed by atoms with Crippen molar-refractivity contribution in [1.82, 2.24) is 9.97 Å². The molecular formula is C18H10FN3. The van der Waals surface area contributed by atoms with Crippen LogP contribution in [-0.2, 0) is 0 Å². The Labute approximate surface area is 125 Å². The summed E-state index contributed by atoms with van der Waals surface area (Å²) in [5, 5.41) is 10.8. The van der Waals surface area contributed by atoms with E-state index in [1.807, 2.05) is 18.2 Å². The molecule has 3 nitrogen and oxygen atoms in total. The van der Waals surface area contributed by atoms with E-state index in [9.17, 15) is 4.39 Å². The van der Waals surface area contributed by atoms with E-state index in [1.165, 1.54) is 12.1 Å². The Morgan fingerprint density at radius 3 is 2.82 bits per heavy atom. The first-order valence-electron chi connectivity index (χ1n) is 6.83. The zero-order valence-corrected chi connectivity index (χ0v) is 11.5. The maximum Gasteiger partial charge on any atom is 0.123 e. The summed E-state index contributed by atoms with van der Waals surface area (Å²) in [7, 11) is 0. The molecule has 2 heterocycles. The van der Waals surface area contributed by atoms with Gasteiger partial charge >= 0.3 is 0 Å². The van der Waals surface area contributed by atoms with Crippen LogP contribution in [-0.4, -0.2) is 9.97 Å². The molecule has 0 unspecified atom stereocenters. The van der Waals surface area contributed by atoms with Gasteiger partial charge in [0.2, 0.25) is 0 Å². The van der Waals surface area contributed by atoms with Crippen molar-refractivity contribution in [3.63, 3.8) is 0 Å². The van der Waals surface area contributed by atoms with Gasteiger partial charge in [0.25, 0.3) is 0 Å². The molecule has 2 aromatic heterocycles. The minimum atomic E-state index is -0.266. The minimum Gasteiger partial charge on any atom is -0.353 e. The van der Waals surface area contributed by atoms with Crippen LogP contribution in [0, 0.1) is 17.1 Å². The van der Waals surface area contributed by atoms with Gasteiger partial charge in [-0.05, 0) is 36.4 Å². The molecule has 0 atom stereocenters. The van der Waals surface area contributed by atoms with Crippen molar-refractivity contribution in [1.29, 1.82) is 5.26 Å². The third-order valence-corrected chi connectivity index (χ3v) is 3.75. The van der Waals surface area contributed by atoms with Gasteiger partial charge in [0.15, 0.2) is 0 Å². The summed E-state index contributed by atoms with van der Waals surface area (Å²) in [6, 6.07) is 16.0. The van der Waals surface area contributed by atoms with Crippen LogP contribution in [0.4, 0.5) is 4.39 Å². The van der Waals surface area contributed by atoms with E-state index >= 15 is 0 Å². The molecule has 0 radical (unpaired) electrons. The number of fused-ring (bicyclic) bond motifs is 3. The van der Waals surface area contributed by atoms with Gasteiger partial charge < -0.3 is 4.98 Å². The number of pyridine rings is 1. The molecule has 4 aromatic rings. The lowest BCUT2D eigenvalue weighted by molar-refractivity contribution is 0.630. The molecule has 22 heavy (non-hydrogen) atoms. The quantitative estimate of drug-likeness (QED) is 0.564. The molecular weight excluding hydrogens is 277 g/mol. The van der Waals surface area contributed by atoms with Crippen molar-refractivity contribution in [2.75, 3.05) is 0 Å². The van der Waals surface area contributed by atoms with Gasteiger partial charge in [-0.3, -0.25) is 4.98 Å². The number of H-pyrrole nitrogens is 1. The largest absolute Gasteiger partial charge is 0.353 e. The van der Waals surface area contributed by atoms with Crippen LogP contribution in [0.2, 0.25) is 0 Å². The fourth-order valence-corrected chi connectivity index (χ4v) is 2.75. The molecule has 4 rings (SSSR count). The molecule has 0 aliphatic heterocycles. The second-order valence-electron chi connectivity index (χ2n) is 5.09. The lowest BCUT2D eigenvalue weighted by Gasteiger charge is -2.03. The van der Waals surface area contributed by atoms with E-state index in [2.05, 4.69) is 16.0 Å². The lowest BCUT2D eigenvalue weighted by atomic mass is 10.1. The van der Waals surface area contributed by atoms with Gasteiger partial charge in [0, 0.05) is 28.0 Å². The maximum atomic E-state index is 13.5. The Kier molecular flexibility index (Phi) is 2.67. The van der Waals surface area contributed by atoms with E-state index < -0.39 is 0 Å². The molecule has 0 spiro atoms. The first-order valence-corrected chi connectivity index (χ1v) is 6.83. The molecule has 2 aromatic carbocycles. The fraction of sp³-hybridized carbons (Fsp3) is 0. The zero-order chi connectivity index (χ0) is 15.1. The number of hydrogen-bond donors (Lipinski definition) is 1. The molecule has 0 saturated carbocycles. The lowest BCUT2D eigenvalue weighted by Crippen LogP contribution is -1.86. The second-order valence-corrected chi connectivity index (χ2v) is 5.09. The Morgan fingerprint density at radius 2 is 1.95 bits per heavy atom. The smallest absolute Gasteiger partial charge is 0.123 e. The van der Waals surface area contributed by atoms with E-state index in [-0.39, 0.29) is 5.82 Å². The summed E-state index contributed by atoms with van der Waals surface area (Å²) in [5.41, 5.74) is 3.90. The highest BCUT2D eigenvalue weighted by molar-refractivity contribution is 6.10. The number of halogens is 1. The van der Waals surface area contributed by atoms with Gasteiger partial charge in [-0.25, -0.2) is 4.39 Å². The molecule has 1 N–H and O–H groups in total. The summed E-state index contributed by atoms with van der Waals surface area (Å²) in [6.07, 6.45) is 1.70. The Hall–Kier alpha value is -3.19. The number of nitriles is 1. The fourth-order valence-electron chi connectivity index (χ4n) is 2.75. The average Bonchev–Trinajstić information content (AvgIpc) is 2.93. The number of nitrogens with one attached hydrogen (secondary N) is 1. The number of aromatic amines is 1. The summed E-state index contributed by atoms with van der Waals surface area (Å²) < 4.78 is 13.5. The number of aromatic nitrogens is 2. The molecule has 0 amide bonds. The molecule has 4 heteroatoms. The maximum absolute atomic E-state index is 13.5. The summed E-state index contributed by atoms with van der Waals surface area (Å²) in [5.74, 6) is -0.266. The van der Waals surface area contributed by atoms with Crippen molar-refractivity contribution in [2.45, 2.75) is 0 Å². The summed E-state index contributed by atoms with van der Waals surface area (Å²) >= 11 is 0. The average molecular weight is 287 g/mol. The predicted octanol–water partition coefficient (Wildman–Crippen LogP) is 4.39. The van der Waals surface area contributed by atoms with Crippen LogP contribution in [0.3, 0.4) is 0 Å². The highest BCUT2D eigenvalue weighted by Crippen LogP contribution is 2.32. The van der Waals surface area contributed by atoms with Crippen LogP contribution in [0.15, 0.2) is 54.7 Å². The monoisotopic (exact) mass is 287 g/mol. The third-order valence-electron chi connectivity index (χ3n) is 3.75. The third kappa shape index (κ3) is 1.84. The van der Waals surface area contributed by atoms with E-state index in [1.54, 1.807) is 24.4 Å². The Balaban J connectivity index is 2.06. The van der Waals surface area contributed by atoms with Gasteiger partial charge in [-0.2, -0.15) is 5.26 Å². The Morgan fingerprint density at radius 1 is 1.05 bits per heavy atom. The van der Waals surface area contributed by atoms with E-state index in [0.29, 0.717) is 5.56 Å². The molecule has 0 aliphatic rings. The van der Waals surface area contributed by atoms with Crippen molar-refractivity contribution < 1.29 is 4.39 Å². The number of nitrogens with zero attached hydrogens (tertiary/aromatic N) is 2. The van der Waals surface area contributed by atoms with Crippen LogP contribution in [0.1, 0.15) is 5.56 Å². The van der Waals surface area contributed by atoms with Crippen LogP contribution < -0.4 is 0 Å². The van der Waals surface area contributed by atoms with Crippen molar-refractivity contribution >= 4 is 21.8 Å². The highest BCUT2D eigenvalue weighted by atomic mass is 19.1. The topological polar surface area (TPSA) is 52.5 Å². The zero-order valence-electron chi connectivity index (χ0n) is 11.5. The highest BCUT2D eigenvalue weighted by Gasteiger charge is 2.11. The van der Waals surface area contributed by atoms with Crippen molar-refractivity contribution in [3.8, 4) is 17.3 Å². The molecule has 0 fully saturated rings. The summed E-state index contributed by atoms with van der Waals surface area (Å²) in [4.78, 5) is 7.73. The van der Waals surface area contributed by atoms with Crippen LogP contribution in [0.5, 0.6) is 0 Å². The summed E-state index contributed by atoms with van der Waals surface area (Å²) in [6.45, 7) is 0. The number of hydrogen-bond acceptors (Lipinski definition) is 2. The first kappa shape index (κ1) is 12.5. The van der Waals surface area contributed by atoms with Crippen molar-refractivity contribution in [3.05, 3.63) is 66.1 Å². The number of benzene rings is 2. The SMILES string of the molecule is N#Cc1cccc(-c2nccc3c2[nH]c2ccc(F)cc23)c1. The van der Waals surface area contributed by atoms with Crippen LogP contribution >= 0.6 is 0 Å². The van der Waals surface area contributed by atoms with Gasteiger partial charge in [-0.15, -0.1) is 0 Å². The number of rotatable bonds is 1. The Bertz CT molecular complexity index is 1060. The first-order chi connectivity index (χ1) is 10.8. The van der Waals surface area contributed by atoms with Crippen LogP contribution in [0.25, 0.3) is 33.1 Å². The molecule has 0 bridgehead atoms. The standard InChI is InChI=1S/C18H10FN3/c19-13-4-5-16-15(9-13)14-6-7-21-17(18(14)22-16)12-3-1-2-11(8-12)10-20/h1-9,22H. The molecule has 0 saturated heterocycles.